The second-order valence-corrected chi connectivity index (χ2v) is 4.41. The first-order valence-electron chi connectivity index (χ1n) is 4.20. The lowest BCUT2D eigenvalue weighted by atomic mass is 10.3. The molecule has 1 aromatic rings. The highest BCUT2D eigenvalue weighted by molar-refractivity contribution is 9.10. The van der Waals surface area contributed by atoms with Crippen LogP contribution in [0.3, 0.4) is 0 Å². The lowest BCUT2D eigenvalue weighted by Crippen LogP contribution is -2.36. The van der Waals surface area contributed by atoms with Crippen molar-refractivity contribution in [1.82, 2.24) is 4.98 Å². The summed E-state index contributed by atoms with van der Waals surface area (Å²) in [5.74, 6) is -0.465. The van der Waals surface area contributed by atoms with Gasteiger partial charge in [0.15, 0.2) is 0 Å². The fourth-order valence-electron chi connectivity index (χ4n) is 1.02. The average Bonchev–Trinajstić information content (AvgIpc) is 2.15. The Kier molecular flexibility index (Phi) is 3.93. The number of hydrogen-bond acceptors (Lipinski definition) is 3. The highest BCUT2D eigenvalue weighted by Gasteiger charge is 2.20. The monoisotopic (exact) mass is 292 g/mol. The summed E-state index contributed by atoms with van der Waals surface area (Å²) in [7, 11) is 1.64. The number of hydrogen-bond donors (Lipinski definition) is 1. The number of likely N-dealkylation sites (N-methyl/N-ethyl adjacent to an activating group) is 1. The molecular formula is C9H10BrClN2O2. The van der Waals surface area contributed by atoms with E-state index < -0.39 is 12.0 Å². The van der Waals surface area contributed by atoms with E-state index in [9.17, 15) is 4.79 Å². The number of carboxylic acid groups (broad SMARTS) is 1. The minimum absolute atomic E-state index is 0.417. The van der Waals surface area contributed by atoms with Gasteiger partial charge in [-0.25, -0.2) is 9.78 Å². The summed E-state index contributed by atoms with van der Waals surface area (Å²) in [5.41, 5.74) is 0. The zero-order valence-electron chi connectivity index (χ0n) is 8.24. The lowest BCUT2D eigenvalue weighted by Gasteiger charge is -2.23. The maximum Gasteiger partial charge on any atom is 0.326 e. The molecule has 1 aromatic heterocycles. The molecule has 1 N–H and O–H groups in total. The number of rotatable bonds is 3. The molecule has 1 unspecified atom stereocenters. The van der Waals surface area contributed by atoms with E-state index in [1.165, 1.54) is 4.90 Å². The quantitative estimate of drug-likeness (QED) is 0.930. The predicted molar refractivity (Wildman–Crippen MR) is 62.4 cm³/mol. The summed E-state index contributed by atoms with van der Waals surface area (Å²) in [6, 6.07) is 1.01. The van der Waals surface area contributed by atoms with Crippen molar-refractivity contribution in [3.63, 3.8) is 0 Å². The van der Waals surface area contributed by atoms with Gasteiger partial charge in [-0.15, -0.1) is 0 Å². The van der Waals surface area contributed by atoms with Gasteiger partial charge in [0, 0.05) is 17.7 Å². The molecule has 0 radical (unpaired) electrons. The molecule has 6 heteroatoms. The number of aromatic nitrogens is 1. The van der Waals surface area contributed by atoms with Crippen LogP contribution in [0.25, 0.3) is 0 Å². The van der Waals surface area contributed by atoms with Crippen LogP contribution in [0, 0.1) is 0 Å². The van der Waals surface area contributed by atoms with Crippen molar-refractivity contribution in [3.8, 4) is 0 Å². The molecule has 0 aliphatic carbocycles. The van der Waals surface area contributed by atoms with Gasteiger partial charge < -0.3 is 10.0 Å². The molecule has 0 saturated heterocycles. The molecule has 1 rings (SSSR count). The maximum absolute atomic E-state index is 10.8. The van der Waals surface area contributed by atoms with E-state index >= 15 is 0 Å². The van der Waals surface area contributed by atoms with Crippen LogP contribution in [0.4, 0.5) is 5.82 Å². The maximum atomic E-state index is 10.8. The highest BCUT2D eigenvalue weighted by Crippen LogP contribution is 2.26. The molecule has 1 heterocycles. The number of halogens is 2. The van der Waals surface area contributed by atoms with E-state index in [-0.39, 0.29) is 0 Å². The molecule has 0 bridgehead atoms. The number of pyridine rings is 1. The van der Waals surface area contributed by atoms with Crippen LogP contribution >= 0.6 is 27.5 Å². The summed E-state index contributed by atoms with van der Waals surface area (Å²) in [4.78, 5) is 16.3. The minimum atomic E-state index is -0.918. The van der Waals surface area contributed by atoms with Gasteiger partial charge in [0.1, 0.15) is 11.9 Å². The second-order valence-electron chi connectivity index (χ2n) is 3.08. The van der Waals surface area contributed by atoms with Crippen LogP contribution in [0.2, 0.25) is 5.02 Å². The number of carboxylic acids is 1. The average molecular weight is 294 g/mol. The first-order valence-corrected chi connectivity index (χ1v) is 5.37. The zero-order chi connectivity index (χ0) is 11.6. The molecule has 0 aliphatic rings. The van der Waals surface area contributed by atoms with Crippen molar-refractivity contribution in [1.29, 1.82) is 0 Å². The van der Waals surface area contributed by atoms with Crippen LogP contribution in [0.1, 0.15) is 6.92 Å². The van der Waals surface area contributed by atoms with E-state index in [1.807, 2.05) is 0 Å². The summed E-state index contributed by atoms with van der Waals surface area (Å²) in [5, 5.41) is 9.25. The Morgan fingerprint density at radius 1 is 1.73 bits per heavy atom. The van der Waals surface area contributed by atoms with Crippen LogP contribution in [-0.2, 0) is 4.79 Å². The Morgan fingerprint density at radius 3 is 2.80 bits per heavy atom. The number of anilines is 1. The molecule has 0 spiro atoms. The van der Waals surface area contributed by atoms with Crippen molar-refractivity contribution in [3.05, 3.63) is 21.8 Å². The van der Waals surface area contributed by atoms with Crippen molar-refractivity contribution in [2.24, 2.45) is 0 Å². The molecule has 0 fully saturated rings. The van der Waals surface area contributed by atoms with Crippen LogP contribution in [-0.4, -0.2) is 29.1 Å². The second kappa shape index (κ2) is 4.81. The topological polar surface area (TPSA) is 53.4 Å². The lowest BCUT2D eigenvalue weighted by molar-refractivity contribution is -0.138. The smallest absolute Gasteiger partial charge is 0.326 e. The van der Waals surface area contributed by atoms with E-state index in [4.69, 9.17) is 16.7 Å². The fourth-order valence-corrected chi connectivity index (χ4v) is 1.78. The zero-order valence-corrected chi connectivity index (χ0v) is 10.6. The molecule has 0 aliphatic heterocycles. The first kappa shape index (κ1) is 12.3. The molecule has 82 valence electrons. The first-order chi connectivity index (χ1) is 6.93. The van der Waals surface area contributed by atoms with Gasteiger partial charge in [0.25, 0.3) is 0 Å². The third kappa shape index (κ3) is 2.82. The number of aliphatic carboxylic acids is 1. The largest absolute Gasteiger partial charge is 0.480 e. The third-order valence-corrected chi connectivity index (χ3v) is 2.77. The van der Waals surface area contributed by atoms with Crippen LogP contribution < -0.4 is 4.90 Å². The van der Waals surface area contributed by atoms with Crippen LogP contribution in [0.5, 0.6) is 0 Å². The van der Waals surface area contributed by atoms with Gasteiger partial charge in [-0.1, -0.05) is 11.6 Å². The van der Waals surface area contributed by atoms with E-state index in [0.717, 1.165) is 4.47 Å². The van der Waals surface area contributed by atoms with Gasteiger partial charge in [0.05, 0.1) is 5.02 Å². The summed E-state index contributed by atoms with van der Waals surface area (Å²) in [6.07, 6.45) is 1.58. The van der Waals surface area contributed by atoms with Gasteiger partial charge in [-0.3, -0.25) is 0 Å². The fraction of sp³-hybridized carbons (Fsp3) is 0.333. The Labute approximate surface area is 101 Å². The van der Waals surface area contributed by atoms with Gasteiger partial charge in [-0.2, -0.15) is 0 Å². The van der Waals surface area contributed by atoms with E-state index in [1.54, 1.807) is 26.2 Å². The van der Waals surface area contributed by atoms with Crippen molar-refractivity contribution >= 4 is 39.3 Å². The minimum Gasteiger partial charge on any atom is -0.480 e. The standard InChI is InChI=1S/C9H10BrClN2O2/c1-5(9(14)15)13(2)8-7(11)3-6(10)4-12-8/h3-5H,1-2H3,(H,14,15). The van der Waals surface area contributed by atoms with Gasteiger partial charge >= 0.3 is 5.97 Å². The van der Waals surface area contributed by atoms with Crippen molar-refractivity contribution in [2.45, 2.75) is 13.0 Å². The number of nitrogens with zero attached hydrogens (tertiary/aromatic N) is 2. The Balaban J connectivity index is 3.01. The molecule has 1 atom stereocenters. The predicted octanol–water partition coefficient (Wildman–Crippen LogP) is 2.41. The number of carbonyl (C=O) groups is 1. The van der Waals surface area contributed by atoms with Crippen molar-refractivity contribution < 1.29 is 9.90 Å². The van der Waals surface area contributed by atoms with Gasteiger partial charge in [0.2, 0.25) is 0 Å². The molecule has 4 nitrogen and oxygen atoms in total. The van der Waals surface area contributed by atoms with Gasteiger partial charge in [-0.05, 0) is 28.9 Å². The molecule has 15 heavy (non-hydrogen) atoms. The van der Waals surface area contributed by atoms with E-state index in [0.29, 0.717) is 10.8 Å². The summed E-state index contributed by atoms with van der Waals surface area (Å²) in [6.45, 7) is 1.57. The Bertz CT molecular complexity index is 386. The molecule has 0 aromatic carbocycles. The molecular weight excluding hydrogens is 283 g/mol. The normalized spacial score (nSPS) is 12.3. The summed E-state index contributed by atoms with van der Waals surface area (Å²) >= 11 is 9.18. The molecule has 0 saturated carbocycles. The van der Waals surface area contributed by atoms with Crippen LogP contribution in [0.15, 0.2) is 16.7 Å². The Morgan fingerprint density at radius 2 is 2.33 bits per heavy atom. The highest BCUT2D eigenvalue weighted by atomic mass is 79.9. The van der Waals surface area contributed by atoms with E-state index in [2.05, 4.69) is 20.9 Å². The third-order valence-electron chi connectivity index (χ3n) is 2.06. The van der Waals surface area contributed by atoms with Crippen molar-refractivity contribution in [2.75, 3.05) is 11.9 Å². The Hall–Kier alpha value is -0.810. The summed E-state index contributed by atoms with van der Waals surface area (Å²) < 4.78 is 0.757. The molecule has 0 amide bonds. The SMILES string of the molecule is CC(C(=O)O)N(C)c1ncc(Br)cc1Cl.